The first-order chi connectivity index (χ1) is 13.7. The molecule has 1 aromatic heterocycles. The van der Waals surface area contributed by atoms with Gasteiger partial charge in [-0.05, 0) is 49.9 Å². The van der Waals surface area contributed by atoms with E-state index in [4.69, 9.17) is 14.2 Å². The minimum atomic E-state index is -0.442. The fourth-order valence-electron chi connectivity index (χ4n) is 3.47. The highest BCUT2D eigenvalue weighted by molar-refractivity contribution is 7.25. The van der Waals surface area contributed by atoms with E-state index >= 15 is 4.39 Å². The van der Waals surface area contributed by atoms with Gasteiger partial charge >= 0.3 is 0 Å². The predicted octanol–water partition coefficient (Wildman–Crippen LogP) is 6.46. The largest absolute Gasteiger partial charge is 0.490 e. The molecule has 0 spiro atoms. The van der Waals surface area contributed by atoms with Crippen molar-refractivity contribution in [1.29, 1.82) is 0 Å². The van der Waals surface area contributed by atoms with Gasteiger partial charge in [-0.15, -0.1) is 11.3 Å². The third kappa shape index (κ3) is 3.80. The smallest absolute Gasteiger partial charge is 0.182 e. The lowest BCUT2D eigenvalue weighted by atomic mass is 10.1. The summed E-state index contributed by atoms with van der Waals surface area (Å²) in [5, 5.41) is 1.39. The zero-order valence-electron chi connectivity index (χ0n) is 15.9. The number of benzene rings is 2. The molecule has 6 heteroatoms. The number of hydrogen-bond acceptors (Lipinski definition) is 4. The average molecular weight is 406 g/mol. The summed E-state index contributed by atoms with van der Waals surface area (Å²) in [7, 11) is 0. The van der Waals surface area contributed by atoms with Gasteiger partial charge in [-0.2, -0.15) is 0 Å². The van der Waals surface area contributed by atoms with Gasteiger partial charge in [0.05, 0.1) is 22.1 Å². The van der Waals surface area contributed by atoms with E-state index in [0.717, 1.165) is 50.0 Å². The lowest BCUT2D eigenvalue weighted by molar-refractivity contribution is -0.0116. The maximum atomic E-state index is 15.0. The molecular formula is C22H24F2O3S. The quantitative estimate of drug-likeness (QED) is 0.422. The van der Waals surface area contributed by atoms with Gasteiger partial charge in [0.2, 0.25) is 0 Å². The van der Waals surface area contributed by atoms with Crippen molar-refractivity contribution in [2.45, 2.75) is 45.1 Å². The van der Waals surface area contributed by atoms with Crippen LogP contribution in [0, 0.1) is 11.6 Å². The Bertz CT molecular complexity index is 963. The lowest BCUT2D eigenvalue weighted by Crippen LogP contribution is -2.25. The second-order valence-electron chi connectivity index (χ2n) is 7.11. The SMILES string of the molecule is CCCCOc1ccc2c(sc3c(F)c(OCC4CCCCO4)ccc32)c1F. The molecule has 1 aliphatic rings. The molecule has 1 saturated heterocycles. The van der Waals surface area contributed by atoms with Crippen molar-refractivity contribution in [3.8, 4) is 11.5 Å². The van der Waals surface area contributed by atoms with Crippen molar-refractivity contribution >= 4 is 31.5 Å². The number of hydrogen-bond donors (Lipinski definition) is 0. The molecule has 0 radical (unpaired) electrons. The van der Waals surface area contributed by atoms with E-state index in [-0.39, 0.29) is 17.6 Å². The highest BCUT2D eigenvalue weighted by atomic mass is 32.1. The van der Waals surface area contributed by atoms with Crippen LogP contribution >= 0.6 is 11.3 Å². The molecular weight excluding hydrogens is 382 g/mol. The van der Waals surface area contributed by atoms with Crippen LogP contribution in [-0.4, -0.2) is 25.9 Å². The Hall–Kier alpha value is -1.92. The van der Waals surface area contributed by atoms with Gasteiger partial charge in [-0.25, -0.2) is 8.78 Å². The van der Waals surface area contributed by atoms with Gasteiger partial charge in [0.1, 0.15) is 6.61 Å². The van der Waals surface area contributed by atoms with E-state index < -0.39 is 11.6 Å². The van der Waals surface area contributed by atoms with Crippen LogP contribution < -0.4 is 9.47 Å². The Labute approximate surface area is 167 Å². The molecule has 1 atom stereocenters. The minimum absolute atomic E-state index is 0.00604. The molecule has 4 rings (SSSR count). The summed E-state index contributed by atoms with van der Waals surface area (Å²) in [6.45, 7) is 3.59. The molecule has 3 aromatic rings. The second kappa shape index (κ2) is 8.62. The summed E-state index contributed by atoms with van der Waals surface area (Å²) in [5.41, 5.74) is 0. The predicted molar refractivity (Wildman–Crippen MR) is 109 cm³/mol. The molecule has 150 valence electrons. The van der Waals surface area contributed by atoms with E-state index in [1.165, 1.54) is 0 Å². The Morgan fingerprint density at radius 2 is 1.68 bits per heavy atom. The summed E-state index contributed by atoms with van der Waals surface area (Å²) in [4.78, 5) is 0. The monoisotopic (exact) mass is 406 g/mol. The normalized spacial score (nSPS) is 17.3. The molecule has 0 saturated carbocycles. The standard InChI is InChI=1S/C22H24F2O3S/c1-2-3-11-26-17-9-7-15-16-8-10-18(27-13-14-6-4-5-12-25-14)20(24)22(16)28-21(15)19(17)23/h7-10,14H,2-6,11-13H2,1H3. The van der Waals surface area contributed by atoms with Gasteiger partial charge < -0.3 is 14.2 Å². The zero-order valence-corrected chi connectivity index (χ0v) is 16.7. The van der Waals surface area contributed by atoms with Crippen molar-refractivity contribution in [3.63, 3.8) is 0 Å². The molecule has 2 aromatic carbocycles. The van der Waals surface area contributed by atoms with E-state index in [0.29, 0.717) is 33.4 Å². The highest BCUT2D eigenvalue weighted by Crippen LogP contribution is 2.41. The fraction of sp³-hybridized carbons (Fsp3) is 0.455. The van der Waals surface area contributed by atoms with Crippen molar-refractivity contribution in [1.82, 2.24) is 0 Å². The fourth-order valence-corrected chi connectivity index (χ4v) is 4.63. The summed E-state index contributed by atoms with van der Waals surface area (Å²) in [5.74, 6) is -0.457. The Kier molecular flexibility index (Phi) is 5.97. The molecule has 3 nitrogen and oxygen atoms in total. The van der Waals surface area contributed by atoms with Crippen molar-refractivity contribution in [2.24, 2.45) is 0 Å². The minimum Gasteiger partial charge on any atom is -0.490 e. The molecule has 28 heavy (non-hydrogen) atoms. The van der Waals surface area contributed by atoms with Crippen LogP contribution in [0.15, 0.2) is 24.3 Å². The first-order valence-electron chi connectivity index (χ1n) is 9.89. The number of halogens is 2. The molecule has 0 bridgehead atoms. The lowest BCUT2D eigenvalue weighted by Gasteiger charge is -2.22. The Morgan fingerprint density at radius 1 is 1.00 bits per heavy atom. The molecule has 1 unspecified atom stereocenters. The molecule has 1 fully saturated rings. The van der Waals surface area contributed by atoms with Gasteiger partial charge in [0, 0.05) is 17.4 Å². The van der Waals surface area contributed by atoms with Crippen molar-refractivity contribution < 1.29 is 23.0 Å². The van der Waals surface area contributed by atoms with Crippen molar-refractivity contribution in [3.05, 3.63) is 35.9 Å². The number of fused-ring (bicyclic) bond motifs is 3. The zero-order chi connectivity index (χ0) is 19.5. The molecule has 0 aliphatic carbocycles. The summed E-state index contributed by atoms with van der Waals surface area (Å²) in [6, 6.07) is 6.85. The summed E-state index contributed by atoms with van der Waals surface area (Å²) < 4.78 is 47.6. The number of thiophene rings is 1. The van der Waals surface area contributed by atoms with Gasteiger partial charge in [-0.3, -0.25) is 0 Å². The van der Waals surface area contributed by atoms with Crippen LogP contribution in [0.4, 0.5) is 8.78 Å². The van der Waals surface area contributed by atoms with Crippen LogP contribution in [0.3, 0.4) is 0 Å². The molecule has 1 aliphatic heterocycles. The van der Waals surface area contributed by atoms with Crippen LogP contribution in [0.5, 0.6) is 11.5 Å². The molecule has 0 N–H and O–H groups in total. The topological polar surface area (TPSA) is 27.7 Å². The summed E-state index contributed by atoms with van der Waals surface area (Å²) >= 11 is 1.10. The van der Waals surface area contributed by atoms with Crippen LogP contribution in [0.25, 0.3) is 20.2 Å². The van der Waals surface area contributed by atoms with E-state index in [1.807, 2.05) is 0 Å². The Balaban J connectivity index is 1.62. The van der Waals surface area contributed by atoms with Crippen molar-refractivity contribution in [2.75, 3.05) is 19.8 Å². The first-order valence-corrected chi connectivity index (χ1v) is 10.7. The maximum Gasteiger partial charge on any atom is 0.182 e. The van der Waals surface area contributed by atoms with Gasteiger partial charge in [0.25, 0.3) is 0 Å². The highest BCUT2D eigenvalue weighted by Gasteiger charge is 2.20. The van der Waals surface area contributed by atoms with Gasteiger partial charge in [0.15, 0.2) is 23.1 Å². The van der Waals surface area contributed by atoms with E-state index in [9.17, 15) is 4.39 Å². The number of rotatable bonds is 7. The molecule has 0 amide bonds. The third-order valence-corrected chi connectivity index (χ3v) is 6.28. The van der Waals surface area contributed by atoms with Crippen LogP contribution in [0.2, 0.25) is 0 Å². The maximum absolute atomic E-state index is 15.0. The summed E-state index contributed by atoms with van der Waals surface area (Å²) in [6.07, 6.45) is 4.95. The third-order valence-electron chi connectivity index (χ3n) is 5.07. The average Bonchev–Trinajstić information content (AvgIpc) is 3.11. The number of unbranched alkanes of at least 4 members (excludes halogenated alkanes) is 1. The Morgan fingerprint density at radius 3 is 2.29 bits per heavy atom. The van der Waals surface area contributed by atoms with Gasteiger partial charge in [-0.1, -0.05) is 13.3 Å². The van der Waals surface area contributed by atoms with E-state index in [2.05, 4.69) is 6.92 Å². The van der Waals surface area contributed by atoms with Crippen LogP contribution in [0.1, 0.15) is 39.0 Å². The second-order valence-corrected chi connectivity index (χ2v) is 8.13. The van der Waals surface area contributed by atoms with Crippen LogP contribution in [-0.2, 0) is 4.74 Å². The first kappa shape index (κ1) is 19.4. The van der Waals surface area contributed by atoms with E-state index in [1.54, 1.807) is 24.3 Å². The number of ether oxygens (including phenoxy) is 3. The molecule has 2 heterocycles.